The monoisotopic (exact) mass is 299 g/mol. The number of nitrogens with zero attached hydrogens (tertiary/aromatic N) is 1. The summed E-state index contributed by atoms with van der Waals surface area (Å²) in [6.07, 6.45) is 1.02. The first kappa shape index (κ1) is 16.7. The molecular weight excluding hydrogens is 281 g/mol. The van der Waals surface area contributed by atoms with Crippen LogP contribution in [-0.2, 0) is 4.79 Å². The van der Waals surface area contributed by atoms with Crippen molar-refractivity contribution in [1.29, 1.82) is 0 Å². The quantitative estimate of drug-likeness (QED) is 0.566. The van der Waals surface area contributed by atoms with E-state index in [0.717, 1.165) is 12.5 Å². The minimum atomic E-state index is -0.767. The van der Waals surface area contributed by atoms with Gasteiger partial charge < -0.3 is 15.4 Å². The summed E-state index contributed by atoms with van der Waals surface area (Å²) in [7, 11) is 1.27. The highest BCUT2D eigenvalue weighted by atomic mass is 19.1. The lowest BCUT2D eigenvalue weighted by atomic mass is 10.2. The molecule has 0 saturated heterocycles. The maximum Gasteiger partial charge on any atom is 0.313 e. The number of nitro benzene ring substituents is 1. The van der Waals surface area contributed by atoms with Gasteiger partial charge in [0.2, 0.25) is 5.91 Å². The molecule has 21 heavy (non-hydrogen) atoms. The van der Waals surface area contributed by atoms with Crippen molar-refractivity contribution in [3.05, 3.63) is 28.1 Å². The number of methoxy groups -OCH3 is 1. The molecule has 0 aliphatic heterocycles. The van der Waals surface area contributed by atoms with Gasteiger partial charge in [-0.15, -0.1) is 0 Å². The molecule has 1 amide bonds. The lowest BCUT2D eigenvalue weighted by Gasteiger charge is -2.10. The van der Waals surface area contributed by atoms with Crippen molar-refractivity contribution < 1.29 is 18.8 Å². The molecule has 8 heteroatoms. The molecule has 0 saturated carbocycles. The predicted octanol–water partition coefficient (Wildman–Crippen LogP) is 2.07. The van der Waals surface area contributed by atoms with E-state index in [2.05, 4.69) is 10.6 Å². The minimum absolute atomic E-state index is 0.0423. The Morgan fingerprint density at radius 3 is 2.71 bits per heavy atom. The van der Waals surface area contributed by atoms with Crippen LogP contribution in [0.1, 0.15) is 19.8 Å². The minimum Gasteiger partial charge on any atom is -0.490 e. The van der Waals surface area contributed by atoms with Gasteiger partial charge in [-0.3, -0.25) is 14.9 Å². The largest absolute Gasteiger partial charge is 0.490 e. The average molecular weight is 299 g/mol. The Labute approximate surface area is 121 Å². The summed E-state index contributed by atoms with van der Waals surface area (Å²) in [5.74, 6) is -0.950. The molecule has 0 spiro atoms. The fourth-order valence-corrected chi connectivity index (χ4v) is 1.65. The van der Waals surface area contributed by atoms with Crippen molar-refractivity contribution in [3.63, 3.8) is 0 Å². The van der Waals surface area contributed by atoms with Gasteiger partial charge in [0.15, 0.2) is 11.6 Å². The molecule has 2 N–H and O–H groups in total. The molecule has 0 fully saturated rings. The number of anilines is 1. The van der Waals surface area contributed by atoms with Crippen molar-refractivity contribution in [1.82, 2.24) is 5.32 Å². The van der Waals surface area contributed by atoms with Crippen LogP contribution < -0.4 is 15.4 Å². The van der Waals surface area contributed by atoms with Gasteiger partial charge in [0.25, 0.3) is 0 Å². The zero-order valence-corrected chi connectivity index (χ0v) is 11.9. The normalized spacial score (nSPS) is 10.0. The van der Waals surface area contributed by atoms with Crippen LogP contribution in [0.2, 0.25) is 0 Å². The number of benzene rings is 1. The zero-order valence-electron chi connectivity index (χ0n) is 11.9. The van der Waals surface area contributed by atoms with Crippen molar-refractivity contribution in [2.45, 2.75) is 19.8 Å². The van der Waals surface area contributed by atoms with Gasteiger partial charge >= 0.3 is 5.69 Å². The summed E-state index contributed by atoms with van der Waals surface area (Å²) < 4.78 is 18.6. The maximum absolute atomic E-state index is 13.7. The van der Waals surface area contributed by atoms with Gasteiger partial charge in [-0.25, -0.2) is 4.39 Å². The molecule has 0 radical (unpaired) electrons. The van der Waals surface area contributed by atoms with Crippen molar-refractivity contribution >= 4 is 17.3 Å². The molecule has 0 aromatic heterocycles. The number of carbonyl (C=O) groups excluding carboxylic acids is 1. The number of ether oxygens (including phenoxy) is 1. The number of amides is 1. The van der Waals surface area contributed by atoms with Gasteiger partial charge in [0.05, 0.1) is 23.8 Å². The molecule has 1 rings (SSSR count). The molecule has 1 aromatic rings. The second kappa shape index (κ2) is 8.03. The Kier molecular flexibility index (Phi) is 6.38. The Bertz CT molecular complexity index is 522. The van der Waals surface area contributed by atoms with E-state index in [9.17, 15) is 19.3 Å². The van der Waals surface area contributed by atoms with Crippen LogP contribution in [-0.4, -0.2) is 31.0 Å². The summed E-state index contributed by atoms with van der Waals surface area (Å²) in [6.45, 7) is 2.75. The van der Waals surface area contributed by atoms with Gasteiger partial charge in [-0.1, -0.05) is 6.92 Å². The molecule has 1 aromatic carbocycles. The van der Waals surface area contributed by atoms with E-state index in [1.165, 1.54) is 13.2 Å². The van der Waals surface area contributed by atoms with Crippen LogP contribution in [0.3, 0.4) is 0 Å². The van der Waals surface area contributed by atoms with E-state index < -0.39 is 16.4 Å². The summed E-state index contributed by atoms with van der Waals surface area (Å²) in [5.41, 5.74) is -0.387. The summed E-state index contributed by atoms with van der Waals surface area (Å²) in [6, 6.07) is 2.00. The number of carbonyl (C=O) groups is 1. The van der Waals surface area contributed by atoms with E-state index in [-0.39, 0.29) is 30.3 Å². The number of nitrogens with one attached hydrogen (secondary N) is 2. The first-order chi connectivity index (χ1) is 9.99. The lowest BCUT2D eigenvalue weighted by molar-refractivity contribution is -0.385. The van der Waals surface area contributed by atoms with E-state index >= 15 is 0 Å². The van der Waals surface area contributed by atoms with Gasteiger partial charge in [-0.05, 0) is 6.42 Å². The molecule has 7 nitrogen and oxygen atoms in total. The van der Waals surface area contributed by atoms with Gasteiger partial charge in [0.1, 0.15) is 0 Å². The topological polar surface area (TPSA) is 93.5 Å². The highest BCUT2D eigenvalue weighted by molar-refractivity contribution is 5.76. The smallest absolute Gasteiger partial charge is 0.313 e. The molecule has 0 aliphatic carbocycles. The SMILES string of the molecule is CCCNC(=O)CCNc1cc(OC)c([N+](=O)[O-])cc1F. The second-order valence-corrected chi connectivity index (χ2v) is 4.29. The predicted molar refractivity (Wildman–Crippen MR) is 76.0 cm³/mol. The molecule has 0 heterocycles. The summed E-state index contributed by atoms with van der Waals surface area (Å²) in [5, 5.41) is 16.1. The summed E-state index contributed by atoms with van der Waals surface area (Å²) >= 11 is 0. The van der Waals surface area contributed by atoms with Crippen LogP contribution in [0.15, 0.2) is 12.1 Å². The Hall–Kier alpha value is -2.38. The van der Waals surface area contributed by atoms with Crippen LogP contribution in [0.25, 0.3) is 0 Å². The van der Waals surface area contributed by atoms with Gasteiger partial charge in [0, 0.05) is 25.6 Å². The molecule has 0 aliphatic rings. The third-order valence-electron chi connectivity index (χ3n) is 2.70. The zero-order chi connectivity index (χ0) is 15.8. The number of hydrogen-bond donors (Lipinski definition) is 2. The van der Waals surface area contributed by atoms with E-state index in [1.807, 2.05) is 6.92 Å². The van der Waals surface area contributed by atoms with Crippen LogP contribution in [0.5, 0.6) is 5.75 Å². The van der Waals surface area contributed by atoms with E-state index in [1.54, 1.807) is 0 Å². The molecule has 116 valence electrons. The van der Waals surface area contributed by atoms with E-state index in [0.29, 0.717) is 6.54 Å². The molecule has 0 bridgehead atoms. The standard InChI is InChI=1S/C13H18FN3O4/c1-3-5-16-13(18)4-6-15-10-8-12(21-2)11(17(19)20)7-9(10)14/h7-8,15H,3-6H2,1-2H3,(H,16,18). The first-order valence-corrected chi connectivity index (χ1v) is 6.52. The van der Waals surface area contributed by atoms with E-state index in [4.69, 9.17) is 4.74 Å². The Balaban J connectivity index is 2.67. The lowest BCUT2D eigenvalue weighted by Crippen LogP contribution is -2.26. The van der Waals surface area contributed by atoms with Crippen molar-refractivity contribution in [2.24, 2.45) is 0 Å². The highest BCUT2D eigenvalue weighted by Crippen LogP contribution is 2.32. The fraction of sp³-hybridized carbons (Fsp3) is 0.462. The van der Waals surface area contributed by atoms with Crippen LogP contribution in [0, 0.1) is 15.9 Å². The number of nitro groups is 1. The third-order valence-corrected chi connectivity index (χ3v) is 2.70. The number of hydrogen-bond acceptors (Lipinski definition) is 5. The maximum atomic E-state index is 13.7. The molecule has 0 unspecified atom stereocenters. The number of rotatable bonds is 8. The van der Waals surface area contributed by atoms with Crippen molar-refractivity contribution in [2.75, 3.05) is 25.5 Å². The first-order valence-electron chi connectivity index (χ1n) is 6.52. The molecular formula is C13H18FN3O4. The van der Waals surface area contributed by atoms with Crippen LogP contribution in [0.4, 0.5) is 15.8 Å². The van der Waals surface area contributed by atoms with Crippen LogP contribution >= 0.6 is 0 Å². The van der Waals surface area contributed by atoms with Crippen molar-refractivity contribution in [3.8, 4) is 5.75 Å². The Morgan fingerprint density at radius 1 is 1.43 bits per heavy atom. The highest BCUT2D eigenvalue weighted by Gasteiger charge is 2.19. The second-order valence-electron chi connectivity index (χ2n) is 4.29. The fourth-order valence-electron chi connectivity index (χ4n) is 1.65. The average Bonchev–Trinajstić information content (AvgIpc) is 2.46. The number of halogens is 1. The molecule has 0 atom stereocenters. The Morgan fingerprint density at radius 2 is 2.14 bits per heavy atom. The third kappa shape index (κ3) is 4.90. The van der Waals surface area contributed by atoms with Gasteiger partial charge in [-0.2, -0.15) is 0 Å². The summed E-state index contributed by atoms with van der Waals surface area (Å²) in [4.78, 5) is 21.4.